The molecule has 0 amide bonds. The summed E-state index contributed by atoms with van der Waals surface area (Å²) in [6.45, 7) is 7.26. The van der Waals surface area contributed by atoms with E-state index in [1.165, 1.54) is 25.7 Å². The summed E-state index contributed by atoms with van der Waals surface area (Å²) in [5, 5.41) is 3.57. The van der Waals surface area contributed by atoms with Gasteiger partial charge in [0.1, 0.15) is 5.82 Å². The second kappa shape index (κ2) is 7.34. The van der Waals surface area contributed by atoms with E-state index in [9.17, 15) is 0 Å². The fourth-order valence-electron chi connectivity index (χ4n) is 1.90. The Labute approximate surface area is 98.7 Å². The molecule has 0 aliphatic carbocycles. The highest BCUT2D eigenvalue weighted by Crippen LogP contribution is 2.05. The van der Waals surface area contributed by atoms with E-state index in [4.69, 9.17) is 0 Å². The zero-order valence-electron chi connectivity index (χ0n) is 10.7. The molecule has 0 fully saturated rings. The van der Waals surface area contributed by atoms with Crippen molar-refractivity contribution in [2.45, 2.75) is 59.0 Å². The molecule has 0 radical (unpaired) electrons. The number of aromatic nitrogens is 2. The van der Waals surface area contributed by atoms with E-state index in [2.05, 4.69) is 29.1 Å². The van der Waals surface area contributed by atoms with Crippen molar-refractivity contribution in [1.82, 2.24) is 15.3 Å². The van der Waals surface area contributed by atoms with Crippen LogP contribution in [-0.4, -0.2) is 16.0 Å². The molecule has 0 saturated carbocycles. The quantitative estimate of drug-likeness (QED) is 0.769. The summed E-state index contributed by atoms with van der Waals surface area (Å²) in [5.41, 5.74) is 1.09. The van der Waals surface area contributed by atoms with Crippen LogP contribution >= 0.6 is 0 Å². The van der Waals surface area contributed by atoms with Gasteiger partial charge in [-0.1, -0.05) is 26.7 Å². The Hall–Kier alpha value is -0.960. The van der Waals surface area contributed by atoms with E-state index < -0.39 is 0 Å². The molecule has 0 aromatic carbocycles. The van der Waals surface area contributed by atoms with E-state index in [0.29, 0.717) is 6.04 Å². The molecule has 90 valence electrons. The largest absolute Gasteiger partial charge is 0.308 e. The fraction of sp³-hybridized carbons (Fsp3) is 0.692. The van der Waals surface area contributed by atoms with E-state index in [1.807, 2.05) is 19.2 Å². The van der Waals surface area contributed by atoms with Gasteiger partial charge >= 0.3 is 0 Å². The lowest BCUT2D eigenvalue weighted by Gasteiger charge is -2.16. The predicted octanol–water partition coefficient (Wildman–Crippen LogP) is 2.84. The van der Waals surface area contributed by atoms with Crippen molar-refractivity contribution in [2.75, 3.05) is 0 Å². The highest BCUT2D eigenvalue weighted by atomic mass is 14.9. The molecule has 1 N–H and O–H groups in total. The first-order valence-electron chi connectivity index (χ1n) is 6.28. The molecule has 0 spiro atoms. The molecule has 1 aromatic heterocycles. The molecule has 1 heterocycles. The predicted molar refractivity (Wildman–Crippen MR) is 67.2 cm³/mol. The third-order valence-corrected chi connectivity index (χ3v) is 2.68. The van der Waals surface area contributed by atoms with Crippen molar-refractivity contribution in [2.24, 2.45) is 0 Å². The Morgan fingerprint density at radius 1 is 1.25 bits per heavy atom. The summed E-state index contributed by atoms with van der Waals surface area (Å²) in [6.07, 6.45) is 6.80. The van der Waals surface area contributed by atoms with Crippen LogP contribution < -0.4 is 5.32 Å². The van der Waals surface area contributed by atoms with Gasteiger partial charge in [0.25, 0.3) is 0 Å². The van der Waals surface area contributed by atoms with Gasteiger partial charge in [-0.2, -0.15) is 0 Å². The Balaban J connectivity index is 2.41. The van der Waals surface area contributed by atoms with Crippen LogP contribution in [0.15, 0.2) is 12.3 Å². The topological polar surface area (TPSA) is 37.8 Å². The lowest BCUT2D eigenvalue weighted by Crippen LogP contribution is -2.28. The Kier molecular flexibility index (Phi) is 6.01. The zero-order chi connectivity index (χ0) is 11.8. The van der Waals surface area contributed by atoms with Gasteiger partial charge in [-0.25, -0.2) is 9.97 Å². The molecule has 0 aliphatic rings. The number of aryl methyl sites for hydroxylation is 1. The van der Waals surface area contributed by atoms with Crippen LogP contribution in [0.25, 0.3) is 0 Å². The first-order valence-corrected chi connectivity index (χ1v) is 6.28. The van der Waals surface area contributed by atoms with Gasteiger partial charge in [0, 0.05) is 18.8 Å². The minimum Gasteiger partial charge on any atom is -0.308 e. The van der Waals surface area contributed by atoms with Gasteiger partial charge in [0.15, 0.2) is 0 Å². The van der Waals surface area contributed by atoms with Gasteiger partial charge in [0.2, 0.25) is 0 Å². The maximum Gasteiger partial charge on any atom is 0.125 e. The van der Waals surface area contributed by atoms with Crippen LogP contribution in [0, 0.1) is 6.92 Å². The highest BCUT2D eigenvalue weighted by molar-refractivity contribution is 5.01. The lowest BCUT2D eigenvalue weighted by molar-refractivity contribution is 0.440. The smallest absolute Gasteiger partial charge is 0.125 e. The SMILES string of the molecule is CCCC(CCC)NCc1ccnc(C)n1. The maximum atomic E-state index is 4.39. The minimum atomic E-state index is 0.630. The van der Waals surface area contributed by atoms with Gasteiger partial charge < -0.3 is 5.32 Å². The van der Waals surface area contributed by atoms with Gasteiger partial charge in [-0.15, -0.1) is 0 Å². The molecule has 3 nitrogen and oxygen atoms in total. The summed E-state index contributed by atoms with van der Waals surface area (Å²) < 4.78 is 0. The monoisotopic (exact) mass is 221 g/mol. The van der Waals surface area contributed by atoms with Crippen LogP contribution in [-0.2, 0) is 6.54 Å². The third-order valence-electron chi connectivity index (χ3n) is 2.68. The van der Waals surface area contributed by atoms with Crippen LogP contribution in [0.3, 0.4) is 0 Å². The summed E-state index contributed by atoms with van der Waals surface area (Å²) >= 11 is 0. The average molecular weight is 221 g/mol. The molecule has 0 aliphatic heterocycles. The second-order valence-corrected chi connectivity index (χ2v) is 4.25. The summed E-state index contributed by atoms with van der Waals surface area (Å²) in [6, 6.07) is 2.61. The Morgan fingerprint density at radius 2 is 1.94 bits per heavy atom. The number of nitrogens with zero attached hydrogens (tertiary/aromatic N) is 2. The minimum absolute atomic E-state index is 0.630. The fourth-order valence-corrected chi connectivity index (χ4v) is 1.90. The number of nitrogens with one attached hydrogen (secondary N) is 1. The average Bonchev–Trinajstić information content (AvgIpc) is 2.27. The van der Waals surface area contributed by atoms with Crippen LogP contribution in [0.4, 0.5) is 0 Å². The Morgan fingerprint density at radius 3 is 2.50 bits per heavy atom. The van der Waals surface area contributed by atoms with Crippen molar-refractivity contribution in [3.8, 4) is 0 Å². The standard InChI is InChI=1S/C13H23N3/c1-4-6-12(7-5-2)15-10-13-8-9-14-11(3)16-13/h8-9,12,15H,4-7,10H2,1-3H3. The summed E-state index contributed by atoms with van der Waals surface area (Å²) in [5.74, 6) is 0.849. The van der Waals surface area contributed by atoms with E-state index in [-0.39, 0.29) is 0 Å². The molecule has 0 bridgehead atoms. The second-order valence-electron chi connectivity index (χ2n) is 4.25. The van der Waals surface area contributed by atoms with Crippen LogP contribution in [0.5, 0.6) is 0 Å². The van der Waals surface area contributed by atoms with E-state index in [0.717, 1.165) is 18.1 Å². The molecule has 1 aromatic rings. The van der Waals surface area contributed by atoms with Crippen LogP contribution in [0.1, 0.15) is 51.0 Å². The lowest BCUT2D eigenvalue weighted by atomic mass is 10.1. The highest BCUT2D eigenvalue weighted by Gasteiger charge is 2.06. The van der Waals surface area contributed by atoms with Crippen molar-refractivity contribution < 1.29 is 0 Å². The molecular formula is C13H23N3. The molecule has 1 rings (SSSR count). The number of hydrogen-bond acceptors (Lipinski definition) is 3. The number of rotatable bonds is 7. The summed E-state index contributed by atoms with van der Waals surface area (Å²) in [7, 11) is 0. The maximum absolute atomic E-state index is 4.39. The summed E-state index contributed by atoms with van der Waals surface area (Å²) in [4.78, 5) is 8.49. The van der Waals surface area contributed by atoms with Gasteiger partial charge in [-0.3, -0.25) is 0 Å². The van der Waals surface area contributed by atoms with Crippen molar-refractivity contribution in [1.29, 1.82) is 0 Å². The van der Waals surface area contributed by atoms with Crippen molar-refractivity contribution in [3.05, 3.63) is 23.8 Å². The molecular weight excluding hydrogens is 198 g/mol. The first-order chi connectivity index (χ1) is 7.76. The normalized spacial score (nSPS) is 11.0. The Bertz CT molecular complexity index is 293. The third kappa shape index (κ3) is 4.71. The van der Waals surface area contributed by atoms with Gasteiger partial charge in [0.05, 0.1) is 5.69 Å². The number of hydrogen-bond donors (Lipinski definition) is 1. The van der Waals surface area contributed by atoms with E-state index >= 15 is 0 Å². The van der Waals surface area contributed by atoms with Crippen LogP contribution in [0.2, 0.25) is 0 Å². The van der Waals surface area contributed by atoms with E-state index in [1.54, 1.807) is 0 Å². The molecule has 0 atom stereocenters. The van der Waals surface area contributed by atoms with Gasteiger partial charge in [-0.05, 0) is 25.8 Å². The first kappa shape index (κ1) is 13.1. The van der Waals surface area contributed by atoms with Crippen molar-refractivity contribution in [3.63, 3.8) is 0 Å². The zero-order valence-corrected chi connectivity index (χ0v) is 10.7. The molecule has 3 heteroatoms. The molecule has 16 heavy (non-hydrogen) atoms. The van der Waals surface area contributed by atoms with Crippen molar-refractivity contribution >= 4 is 0 Å². The molecule has 0 saturated heterocycles. The molecule has 0 unspecified atom stereocenters.